The lowest BCUT2D eigenvalue weighted by molar-refractivity contribution is -0.141. The van der Waals surface area contributed by atoms with Crippen molar-refractivity contribution in [2.75, 3.05) is 6.61 Å². The predicted octanol–water partition coefficient (Wildman–Crippen LogP) is 3.79. The van der Waals surface area contributed by atoms with Crippen LogP contribution in [0.25, 0.3) is 0 Å². The third kappa shape index (κ3) is 3.46. The fraction of sp³-hybridized carbons (Fsp3) is 0.933. The molecule has 0 N–H and O–H groups in total. The van der Waals surface area contributed by atoms with E-state index in [9.17, 15) is 4.79 Å². The Bertz CT molecular complexity index is 260. The van der Waals surface area contributed by atoms with E-state index < -0.39 is 0 Å². The number of carbonyl (C=O) groups is 1. The van der Waals surface area contributed by atoms with Crippen LogP contribution < -0.4 is 0 Å². The molecular formula is C15H26O2. The maximum atomic E-state index is 11.6. The molecule has 0 spiro atoms. The first-order chi connectivity index (χ1) is 8.16. The van der Waals surface area contributed by atoms with Gasteiger partial charge in [0.15, 0.2) is 0 Å². The molecule has 2 aliphatic rings. The fourth-order valence-electron chi connectivity index (χ4n) is 3.63. The number of esters is 1. The molecule has 0 radical (unpaired) electrons. The van der Waals surface area contributed by atoms with Crippen LogP contribution in [0.15, 0.2) is 0 Å². The molecule has 1 saturated carbocycles. The Kier molecular flexibility index (Phi) is 4.47. The van der Waals surface area contributed by atoms with Crippen LogP contribution in [0.1, 0.15) is 58.8 Å². The SMILES string of the molecule is CC(C)CC1CCCCC1CC1CCOC1=O. The van der Waals surface area contributed by atoms with Gasteiger partial charge in [-0.05, 0) is 37.0 Å². The molecule has 98 valence electrons. The smallest absolute Gasteiger partial charge is 0.309 e. The van der Waals surface area contributed by atoms with Crippen LogP contribution in [0.5, 0.6) is 0 Å². The number of ether oxygens (including phenoxy) is 1. The van der Waals surface area contributed by atoms with Crippen LogP contribution in [0.4, 0.5) is 0 Å². The zero-order valence-electron chi connectivity index (χ0n) is 11.3. The normalized spacial score (nSPS) is 34.1. The minimum absolute atomic E-state index is 0.0684. The summed E-state index contributed by atoms with van der Waals surface area (Å²) in [7, 11) is 0. The average molecular weight is 238 g/mol. The van der Waals surface area contributed by atoms with Crippen LogP contribution in [0, 0.1) is 23.7 Å². The zero-order chi connectivity index (χ0) is 12.3. The molecule has 17 heavy (non-hydrogen) atoms. The summed E-state index contributed by atoms with van der Waals surface area (Å²) < 4.78 is 5.08. The number of hydrogen-bond acceptors (Lipinski definition) is 2. The van der Waals surface area contributed by atoms with E-state index in [1.54, 1.807) is 0 Å². The van der Waals surface area contributed by atoms with Crippen LogP contribution in [0.2, 0.25) is 0 Å². The van der Waals surface area contributed by atoms with E-state index in [-0.39, 0.29) is 11.9 Å². The Morgan fingerprint density at radius 1 is 1.18 bits per heavy atom. The molecule has 0 aromatic carbocycles. The molecule has 0 amide bonds. The van der Waals surface area contributed by atoms with E-state index in [4.69, 9.17) is 4.74 Å². The first kappa shape index (κ1) is 12.9. The van der Waals surface area contributed by atoms with Crippen molar-refractivity contribution in [1.82, 2.24) is 0 Å². The van der Waals surface area contributed by atoms with Crippen molar-refractivity contribution in [1.29, 1.82) is 0 Å². The molecule has 2 heteroatoms. The number of cyclic esters (lactones) is 1. The summed E-state index contributed by atoms with van der Waals surface area (Å²) >= 11 is 0. The Balaban J connectivity index is 1.89. The Labute approximate surface area is 105 Å². The lowest BCUT2D eigenvalue weighted by atomic mass is 9.72. The number of rotatable bonds is 4. The Hall–Kier alpha value is -0.530. The summed E-state index contributed by atoms with van der Waals surface area (Å²) in [4.78, 5) is 11.6. The van der Waals surface area contributed by atoms with Crippen LogP contribution in [-0.4, -0.2) is 12.6 Å². The van der Waals surface area contributed by atoms with Gasteiger partial charge in [-0.15, -0.1) is 0 Å². The molecule has 1 saturated heterocycles. The summed E-state index contributed by atoms with van der Waals surface area (Å²) in [6, 6.07) is 0. The highest BCUT2D eigenvalue weighted by Gasteiger charge is 2.33. The van der Waals surface area contributed by atoms with E-state index in [0.29, 0.717) is 6.61 Å². The monoisotopic (exact) mass is 238 g/mol. The van der Waals surface area contributed by atoms with Gasteiger partial charge in [-0.3, -0.25) is 4.79 Å². The van der Waals surface area contributed by atoms with Crippen molar-refractivity contribution in [3.63, 3.8) is 0 Å². The second kappa shape index (κ2) is 5.88. The number of carbonyl (C=O) groups excluding carboxylic acids is 1. The highest BCUT2D eigenvalue weighted by Crippen LogP contribution is 2.39. The maximum Gasteiger partial charge on any atom is 0.309 e. The van der Waals surface area contributed by atoms with Crippen molar-refractivity contribution < 1.29 is 9.53 Å². The van der Waals surface area contributed by atoms with Gasteiger partial charge in [-0.25, -0.2) is 0 Å². The summed E-state index contributed by atoms with van der Waals surface area (Å²) in [6.07, 6.45) is 8.86. The first-order valence-corrected chi connectivity index (χ1v) is 7.33. The lowest BCUT2D eigenvalue weighted by Gasteiger charge is -2.33. The van der Waals surface area contributed by atoms with E-state index >= 15 is 0 Å². The van der Waals surface area contributed by atoms with Crippen molar-refractivity contribution >= 4 is 5.97 Å². The highest BCUT2D eigenvalue weighted by molar-refractivity contribution is 5.74. The van der Waals surface area contributed by atoms with Gasteiger partial charge in [-0.2, -0.15) is 0 Å². The maximum absolute atomic E-state index is 11.6. The van der Waals surface area contributed by atoms with Crippen molar-refractivity contribution in [3.8, 4) is 0 Å². The molecule has 2 rings (SSSR count). The van der Waals surface area contributed by atoms with Gasteiger partial charge in [0.05, 0.1) is 12.5 Å². The van der Waals surface area contributed by atoms with E-state index in [1.807, 2.05) is 0 Å². The topological polar surface area (TPSA) is 26.3 Å². The fourth-order valence-corrected chi connectivity index (χ4v) is 3.63. The molecular weight excluding hydrogens is 212 g/mol. The van der Waals surface area contributed by atoms with Crippen LogP contribution >= 0.6 is 0 Å². The molecule has 2 nitrogen and oxygen atoms in total. The van der Waals surface area contributed by atoms with Crippen LogP contribution in [-0.2, 0) is 9.53 Å². The highest BCUT2D eigenvalue weighted by atomic mass is 16.5. The van der Waals surface area contributed by atoms with E-state index in [0.717, 1.165) is 30.6 Å². The molecule has 0 aromatic heterocycles. The first-order valence-electron chi connectivity index (χ1n) is 7.33. The van der Waals surface area contributed by atoms with E-state index in [1.165, 1.54) is 32.1 Å². The second-order valence-corrected chi connectivity index (χ2v) is 6.32. The molecule has 1 aliphatic heterocycles. The van der Waals surface area contributed by atoms with Gasteiger partial charge in [0.1, 0.15) is 0 Å². The average Bonchev–Trinajstić information content (AvgIpc) is 2.67. The largest absolute Gasteiger partial charge is 0.465 e. The quantitative estimate of drug-likeness (QED) is 0.696. The molecule has 0 aromatic rings. The van der Waals surface area contributed by atoms with Crippen molar-refractivity contribution in [3.05, 3.63) is 0 Å². The molecule has 1 heterocycles. The summed E-state index contributed by atoms with van der Waals surface area (Å²) in [5.41, 5.74) is 0. The van der Waals surface area contributed by atoms with Gasteiger partial charge in [0, 0.05) is 0 Å². The summed E-state index contributed by atoms with van der Waals surface area (Å²) in [6.45, 7) is 5.29. The molecule has 3 atom stereocenters. The molecule has 3 unspecified atom stereocenters. The minimum Gasteiger partial charge on any atom is -0.465 e. The summed E-state index contributed by atoms with van der Waals surface area (Å²) in [5, 5.41) is 0. The van der Waals surface area contributed by atoms with Crippen molar-refractivity contribution in [2.24, 2.45) is 23.7 Å². The Morgan fingerprint density at radius 2 is 1.88 bits per heavy atom. The van der Waals surface area contributed by atoms with Crippen LogP contribution in [0.3, 0.4) is 0 Å². The van der Waals surface area contributed by atoms with Gasteiger partial charge < -0.3 is 4.74 Å². The van der Waals surface area contributed by atoms with Crippen molar-refractivity contribution in [2.45, 2.75) is 58.8 Å². The summed E-state index contributed by atoms with van der Waals surface area (Å²) in [5.74, 6) is 2.71. The van der Waals surface area contributed by atoms with Gasteiger partial charge in [-0.1, -0.05) is 39.5 Å². The van der Waals surface area contributed by atoms with E-state index in [2.05, 4.69) is 13.8 Å². The Morgan fingerprint density at radius 3 is 2.47 bits per heavy atom. The van der Waals surface area contributed by atoms with Gasteiger partial charge >= 0.3 is 5.97 Å². The third-order valence-electron chi connectivity index (χ3n) is 4.47. The standard InChI is InChI=1S/C15H26O2/c1-11(2)9-12-5-3-4-6-13(12)10-14-7-8-17-15(14)16/h11-14H,3-10H2,1-2H3. The third-order valence-corrected chi connectivity index (χ3v) is 4.47. The molecule has 1 aliphatic carbocycles. The zero-order valence-corrected chi connectivity index (χ0v) is 11.3. The van der Waals surface area contributed by atoms with Gasteiger partial charge in [0.25, 0.3) is 0 Å². The second-order valence-electron chi connectivity index (χ2n) is 6.32. The lowest BCUT2D eigenvalue weighted by Crippen LogP contribution is -2.25. The minimum atomic E-state index is 0.0684. The number of hydrogen-bond donors (Lipinski definition) is 0. The molecule has 0 bridgehead atoms. The van der Waals surface area contributed by atoms with Gasteiger partial charge in [0.2, 0.25) is 0 Å². The predicted molar refractivity (Wildman–Crippen MR) is 68.6 cm³/mol. The molecule has 2 fully saturated rings.